The molecule has 0 spiro atoms. The van der Waals surface area contributed by atoms with Crippen molar-refractivity contribution in [3.05, 3.63) is 48.3 Å². The fourth-order valence-corrected chi connectivity index (χ4v) is 3.03. The zero-order valence-corrected chi connectivity index (χ0v) is 13.1. The topological polar surface area (TPSA) is 50.2 Å². The monoisotopic (exact) mass is 298 g/mol. The van der Waals surface area contributed by atoms with Gasteiger partial charge in [-0.1, -0.05) is 18.2 Å². The molecular formula is C17H22N4O. The molecule has 22 heavy (non-hydrogen) atoms. The molecule has 1 aliphatic heterocycles. The summed E-state index contributed by atoms with van der Waals surface area (Å²) in [5, 5.41) is 7.46. The van der Waals surface area contributed by atoms with Gasteiger partial charge in [0.05, 0.1) is 12.6 Å². The van der Waals surface area contributed by atoms with E-state index < -0.39 is 0 Å². The van der Waals surface area contributed by atoms with Crippen molar-refractivity contribution >= 4 is 11.6 Å². The Morgan fingerprint density at radius 1 is 1.41 bits per heavy atom. The average molecular weight is 298 g/mol. The van der Waals surface area contributed by atoms with Gasteiger partial charge in [0.2, 0.25) is 5.91 Å². The van der Waals surface area contributed by atoms with Gasteiger partial charge in [-0.05, 0) is 38.0 Å². The molecule has 116 valence electrons. The normalized spacial score (nSPS) is 18.3. The molecule has 0 bridgehead atoms. The van der Waals surface area contributed by atoms with Gasteiger partial charge in [-0.25, -0.2) is 0 Å². The van der Waals surface area contributed by atoms with Crippen molar-refractivity contribution in [3.8, 4) is 0 Å². The van der Waals surface area contributed by atoms with Crippen LogP contribution in [0.2, 0.25) is 0 Å². The number of carbonyl (C=O) groups is 1. The first kappa shape index (κ1) is 14.8. The summed E-state index contributed by atoms with van der Waals surface area (Å²) in [6.45, 7) is 5.52. The lowest BCUT2D eigenvalue weighted by Gasteiger charge is -2.26. The van der Waals surface area contributed by atoms with Gasteiger partial charge in [-0.3, -0.25) is 9.48 Å². The Hall–Kier alpha value is -2.14. The van der Waals surface area contributed by atoms with E-state index in [9.17, 15) is 4.79 Å². The number of aromatic nitrogens is 2. The number of amides is 1. The highest BCUT2D eigenvalue weighted by molar-refractivity contribution is 5.99. The van der Waals surface area contributed by atoms with E-state index in [-0.39, 0.29) is 18.0 Å². The van der Waals surface area contributed by atoms with Crippen molar-refractivity contribution in [1.29, 1.82) is 0 Å². The quantitative estimate of drug-likeness (QED) is 0.916. The Kier molecular flexibility index (Phi) is 4.24. The van der Waals surface area contributed by atoms with Gasteiger partial charge in [-0.2, -0.15) is 5.10 Å². The maximum atomic E-state index is 12.8. The first-order chi connectivity index (χ1) is 10.7. The fraction of sp³-hybridized carbons (Fsp3) is 0.412. The van der Waals surface area contributed by atoms with Crippen LogP contribution in [-0.4, -0.2) is 34.3 Å². The zero-order chi connectivity index (χ0) is 15.5. The molecule has 0 saturated carbocycles. The molecule has 1 aromatic carbocycles. The van der Waals surface area contributed by atoms with E-state index in [1.54, 1.807) is 6.20 Å². The number of hydrogen-bond acceptors (Lipinski definition) is 3. The van der Waals surface area contributed by atoms with Crippen LogP contribution in [0.4, 0.5) is 5.69 Å². The van der Waals surface area contributed by atoms with Crippen molar-refractivity contribution in [2.75, 3.05) is 11.4 Å². The molecule has 5 heteroatoms. The number of hydrogen-bond donors (Lipinski definition) is 1. The Labute approximate surface area is 130 Å². The summed E-state index contributed by atoms with van der Waals surface area (Å²) < 4.78 is 1.86. The summed E-state index contributed by atoms with van der Waals surface area (Å²) in [6.07, 6.45) is 4.62. The van der Waals surface area contributed by atoms with Gasteiger partial charge in [0.1, 0.15) is 0 Å². The van der Waals surface area contributed by atoms with E-state index >= 15 is 0 Å². The number of nitrogens with one attached hydrogen (secondary N) is 1. The third-order valence-electron chi connectivity index (χ3n) is 4.17. The number of benzene rings is 1. The SMILES string of the molecule is C[C@@H]1Cc2ccccc2N1C(=O)[C@@H](C)NCCn1cccn1. The number of anilines is 1. The number of fused-ring (bicyclic) bond motifs is 1. The number of rotatable bonds is 5. The fourth-order valence-electron chi connectivity index (χ4n) is 3.03. The van der Waals surface area contributed by atoms with Crippen LogP contribution in [0.1, 0.15) is 19.4 Å². The van der Waals surface area contributed by atoms with Crippen LogP contribution in [0.3, 0.4) is 0 Å². The van der Waals surface area contributed by atoms with Gasteiger partial charge in [0.15, 0.2) is 0 Å². The maximum absolute atomic E-state index is 12.8. The lowest BCUT2D eigenvalue weighted by atomic mass is 10.1. The number of nitrogens with zero attached hydrogens (tertiary/aromatic N) is 3. The summed E-state index contributed by atoms with van der Waals surface area (Å²) in [5.74, 6) is 0.137. The third-order valence-corrected chi connectivity index (χ3v) is 4.17. The molecule has 0 unspecified atom stereocenters. The predicted octanol–water partition coefficient (Wildman–Crippen LogP) is 1.84. The molecule has 1 N–H and O–H groups in total. The predicted molar refractivity (Wildman–Crippen MR) is 86.8 cm³/mol. The summed E-state index contributed by atoms with van der Waals surface area (Å²) in [6, 6.07) is 10.1. The molecule has 3 rings (SSSR count). The Bertz CT molecular complexity index is 638. The van der Waals surface area contributed by atoms with Gasteiger partial charge in [0, 0.05) is 30.7 Å². The molecule has 0 radical (unpaired) electrons. The highest BCUT2D eigenvalue weighted by Crippen LogP contribution is 2.32. The number of para-hydroxylation sites is 1. The third kappa shape index (κ3) is 2.90. The second kappa shape index (κ2) is 6.32. The molecule has 1 aromatic heterocycles. The average Bonchev–Trinajstić information content (AvgIpc) is 3.13. The van der Waals surface area contributed by atoms with Crippen molar-refractivity contribution in [1.82, 2.24) is 15.1 Å². The second-order valence-electron chi connectivity index (χ2n) is 5.84. The van der Waals surface area contributed by atoms with Crippen LogP contribution in [-0.2, 0) is 17.8 Å². The van der Waals surface area contributed by atoms with E-state index in [1.807, 2.05) is 47.0 Å². The van der Waals surface area contributed by atoms with Crippen molar-refractivity contribution in [3.63, 3.8) is 0 Å². The Balaban J connectivity index is 1.61. The summed E-state index contributed by atoms with van der Waals surface area (Å²) in [4.78, 5) is 14.7. The van der Waals surface area contributed by atoms with Gasteiger partial charge < -0.3 is 10.2 Å². The van der Waals surface area contributed by atoms with Crippen LogP contribution in [0.5, 0.6) is 0 Å². The summed E-state index contributed by atoms with van der Waals surface area (Å²) in [7, 11) is 0. The highest BCUT2D eigenvalue weighted by Gasteiger charge is 2.32. The van der Waals surface area contributed by atoms with Crippen LogP contribution in [0.15, 0.2) is 42.7 Å². The van der Waals surface area contributed by atoms with Crippen molar-refractivity contribution in [2.45, 2.75) is 38.9 Å². The van der Waals surface area contributed by atoms with E-state index in [0.717, 1.165) is 25.2 Å². The first-order valence-corrected chi connectivity index (χ1v) is 7.78. The zero-order valence-electron chi connectivity index (χ0n) is 13.1. The first-order valence-electron chi connectivity index (χ1n) is 7.78. The Morgan fingerprint density at radius 3 is 3.00 bits per heavy atom. The molecule has 2 aromatic rings. The molecular weight excluding hydrogens is 276 g/mol. The van der Waals surface area contributed by atoms with Crippen LogP contribution in [0, 0.1) is 0 Å². The Morgan fingerprint density at radius 2 is 2.23 bits per heavy atom. The van der Waals surface area contributed by atoms with E-state index in [4.69, 9.17) is 0 Å². The van der Waals surface area contributed by atoms with Crippen molar-refractivity contribution < 1.29 is 4.79 Å². The van der Waals surface area contributed by atoms with Crippen LogP contribution < -0.4 is 10.2 Å². The summed E-state index contributed by atoms with van der Waals surface area (Å²) in [5.41, 5.74) is 2.31. The van der Waals surface area contributed by atoms with E-state index in [1.165, 1.54) is 5.56 Å². The lowest BCUT2D eigenvalue weighted by molar-refractivity contribution is -0.120. The van der Waals surface area contributed by atoms with Crippen LogP contribution >= 0.6 is 0 Å². The molecule has 0 fully saturated rings. The van der Waals surface area contributed by atoms with Crippen LogP contribution in [0.25, 0.3) is 0 Å². The smallest absolute Gasteiger partial charge is 0.244 e. The second-order valence-corrected chi connectivity index (χ2v) is 5.84. The minimum atomic E-state index is -0.204. The highest BCUT2D eigenvalue weighted by atomic mass is 16.2. The standard InChI is InChI=1S/C17H22N4O/c1-13-12-15-6-3-4-7-16(15)21(13)17(22)14(2)18-9-11-20-10-5-8-19-20/h3-8,10,13-14,18H,9,11-12H2,1-2H3/t13-,14-/m1/s1. The minimum Gasteiger partial charge on any atom is -0.308 e. The van der Waals surface area contributed by atoms with Gasteiger partial charge in [0.25, 0.3) is 0 Å². The molecule has 2 atom stereocenters. The van der Waals surface area contributed by atoms with Crippen molar-refractivity contribution in [2.24, 2.45) is 0 Å². The maximum Gasteiger partial charge on any atom is 0.244 e. The van der Waals surface area contributed by atoms with Gasteiger partial charge in [-0.15, -0.1) is 0 Å². The molecule has 2 heterocycles. The number of carbonyl (C=O) groups excluding carboxylic acids is 1. The molecule has 1 aliphatic rings. The summed E-state index contributed by atoms with van der Waals surface area (Å²) >= 11 is 0. The molecule has 1 amide bonds. The molecule has 0 aliphatic carbocycles. The molecule has 0 saturated heterocycles. The minimum absolute atomic E-state index is 0.137. The van der Waals surface area contributed by atoms with Gasteiger partial charge >= 0.3 is 0 Å². The molecule has 5 nitrogen and oxygen atoms in total. The lowest BCUT2D eigenvalue weighted by Crippen LogP contribution is -2.48. The largest absolute Gasteiger partial charge is 0.308 e. The van der Waals surface area contributed by atoms with E-state index in [2.05, 4.69) is 23.4 Å². The van der Waals surface area contributed by atoms with E-state index in [0.29, 0.717) is 0 Å².